The number of hydrogen-bond donors (Lipinski definition) is 1. The van der Waals surface area contributed by atoms with Gasteiger partial charge in [-0.1, -0.05) is 11.6 Å². The zero-order chi connectivity index (χ0) is 12.3. The van der Waals surface area contributed by atoms with Gasteiger partial charge in [0.15, 0.2) is 0 Å². The van der Waals surface area contributed by atoms with Gasteiger partial charge in [0.1, 0.15) is 0 Å². The van der Waals surface area contributed by atoms with Crippen LogP contribution in [-0.4, -0.2) is 26.8 Å². The number of halogens is 1. The van der Waals surface area contributed by atoms with Crippen LogP contribution in [0, 0.1) is 5.92 Å². The number of nitrogens with two attached hydrogens (primary N) is 1. The van der Waals surface area contributed by atoms with E-state index in [1.165, 1.54) is 6.42 Å². The topological polar surface area (TPSA) is 38.5 Å². The third-order valence-corrected chi connectivity index (χ3v) is 3.43. The minimum atomic E-state index is 0.590. The second kappa shape index (κ2) is 5.61. The lowest BCUT2D eigenvalue weighted by molar-refractivity contribution is 0.0576. The first-order valence-electron chi connectivity index (χ1n) is 6.00. The fraction of sp³-hybridized carbons (Fsp3) is 0.538. The van der Waals surface area contributed by atoms with Gasteiger partial charge in [0.2, 0.25) is 0 Å². The van der Waals surface area contributed by atoms with E-state index in [-0.39, 0.29) is 0 Å². The molecule has 0 saturated carbocycles. The van der Waals surface area contributed by atoms with Crippen LogP contribution in [-0.2, 0) is 4.74 Å². The summed E-state index contributed by atoms with van der Waals surface area (Å²) in [5.74, 6) is 0.590. The summed E-state index contributed by atoms with van der Waals surface area (Å²) in [4.78, 5) is 2.17. The van der Waals surface area contributed by atoms with E-state index in [0.29, 0.717) is 5.92 Å². The molecular formula is C13H19ClN2O. The monoisotopic (exact) mass is 254 g/mol. The molecule has 1 fully saturated rings. The standard InChI is InChI=1S/C13H19ClN2O/c1-16(8-10-3-2-6-17-9-10)13-7-11(14)4-5-12(13)15/h4-5,7,10H,2-3,6,8-9,15H2,1H3. The fourth-order valence-electron chi connectivity index (χ4n) is 2.28. The molecule has 1 aliphatic rings. The van der Waals surface area contributed by atoms with Crippen molar-refractivity contribution in [2.45, 2.75) is 12.8 Å². The van der Waals surface area contributed by atoms with Crippen molar-refractivity contribution in [1.82, 2.24) is 0 Å². The zero-order valence-electron chi connectivity index (χ0n) is 10.2. The SMILES string of the molecule is CN(CC1CCCOC1)c1cc(Cl)ccc1N. The maximum atomic E-state index is 6.00. The van der Waals surface area contributed by atoms with E-state index in [1.807, 2.05) is 18.2 Å². The van der Waals surface area contributed by atoms with Gasteiger partial charge < -0.3 is 15.4 Å². The van der Waals surface area contributed by atoms with Crippen molar-refractivity contribution in [3.8, 4) is 0 Å². The lowest BCUT2D eigenvalue weighted by atomic mass is 10.0. The molecule has 2 N–H and O–H groups in total. The summed E-state index contributed by atoms with van der Waals surface area (Å²) in [6.45, 7) is 2.72. The van der Waals surface area contributed by atoms with Crippen molar-refractivity contribution >= 4 is 23.0 Å². The Morgan fingerprint density at radius 3 is 3.06 bits per heavy atom. The van der Waals surface area contributed by atoms with E-state index in [9.17, 15) is 0 Å². The lowest BCUT2D eigenvalue weighted by Crippen LogP contribution is -2.31. The first-order valence-corrected chi connectivity index (χ1v) is 6.38. The summed E-state index contributed by atoms with van der Waals surface area (Å²) in [6.07, 6.45) is 2.38. The molecule has 1 saturated heterocycles. The van der Waals surface area contributed by atoms with Gasteiger partial charge in [-0.15, -0.1) is 0 Å². The molecule has 94 valence electrons. The Morgan fingerprint density at radius 1 is 1.53 bits per heavy atom. The predicted octanol–water partition coefficient (Wildman–Crippen LogP) is 2.79. The number of ether oxygens (including phenoxy) is 1. The highest BCUT2D eigenvalue weighted by atomic mass is 35.5. The first kappa shape index (κ1) is 12.5. The number of hydrogen-bond acceptors (Lipinski definition) is 3. The molecule has 17 heavy (non-hydrogen) atoms. The maximum Gasteiger partial charge on any atom is 0.0612 e. The van der Waals surface area contributed by atoms with Crippen LogP contribution in [0.25, 0.3) is 0 Å². The van der Waals surface area contributed by atoms with Crippen molar-refractivity contribution in [3.05, 3.63) is 23.2 Å². The van der Waals surface area contributed by atoms with E-state index in [1.54, 1.807) is 0 Å². The Morgan fingerprint density at radius 2 is 2.35 bits per heavy atom. The van der Waals surface area contributed by atoms with Crippen LogP contribution in [0.5, 0.6) is 0 Å². The maximum absolute atomic E-state index is 6.00. The van der Waals surface area contributed by atoms with Crippen LogP contribution in [0.3, 0.4) is 0 Å². The smallest absolute Gasteiger partial charge is 0.0612 e. The minimum Gasteiger partial charge on any atom is -0.397 e. The lowest BCUT2D eigenvalue weighted by Gasteiger charge is -2.29. The van der Waals surface area contributed by atoms with E-state index in [0.717, 1.165) is 42.6 Å². The van der Waals surface area contributed by atoms with Gasteiger partial charge in [-0.2, -0.15) is 0 Å². The predicted molar refractivity (Wildman–Crippen MR) is 72.7 cm³/mol. The molecule has 1 aromatic carbocycles. The third kappa shape index (κ3) is 3.27. The molecule has 0 bridgehead atoms. The Kier molecular flexibility index (Phi) is 4.13. The molecular weight excluding hydrogens is 236 g/mol. The van der Waals surface area contributed by atoms with Crippen molar-refractivity contribution in [1.29, 1.82) is 0 Å². The summed E-state index contributed by atoms with van der Waals surface area (Å²) >= 11 is 6.00. The molecule has 1 heterocycles. The molecule has 1 aromatic rings. The van der Waals surface area contributed by atoms with Crippen molar-refractivity contribution in [3.63, 3.8) is 0 Å². The van der Waals surface area contributed by atoms with E-state index in [2.05, 4.69) is 11.9 Å². The highest BCUT2D eigenvalue weighted by Gasteiger charge is 2.17. The van der Waals surface area contributed by atoms with Crippen LogP contribution in [0.15, 0.2) is 18.2 Å². The molecule has 2 rings (SSSR count). The summed E-state index contributed by atoms with van der Waals surface area (Å²) in [5, 5.41) is 0.723. The summed E-state index contributed by atoms with van der Waals surface area (Å²) < 4.78 is 5.49. The van der Waals surface area contributed by atoms with Crippen molar-refractivity contribution in [2.24, 2.45) is 5.92 Å². The molecule has 4 heteroatoms. The molecule has 3 nitrogen and oxygen atoms in total. The van der Waals surface area contributed by atoms with E-state index in [4.69, 9.17) is 22.1 Å². The Hall–Kier alpha value is -0.930. The van der Waals surface area contributed by atoms with Crippen molar-refractivity contribution in [2.75, 3.05) is 37.4 Å². The van der Waals surface area contributed by atoms with Gasteiger partial charge in [-0.3, -0.25) is 0 Å². The molecule has 1 atom stereocenters. The fourth-order valence-corrected chi connectivity index (χ4v) is 2.45. The van der Waals surface area contributed by atoms with Crippen LogP contribution < -0.4 is 10.6 Å². The van der Waals surface area contributed by atoms with E-state index < -0.39 is 0 Å². The summed E-state index contributed by atoms with van der Waals surface area (Å²) in [7, 11) is 2.05. The van der Waals surface area contributed by atoms with Gasteiger partial charge in [0.05, 0.1) is 18.0 Å². The number of rotatable bonds is 3. The van der Waals surface area contributed by atoms with Gasteiger partial charge in [-0.05, 0) is 37.0 Å². The normalized spacial score (nSPS) is 20.2. The molecule has 0 aliphatic carbocycles. The second-order valence-electron chi connectivity index (χ2n) is 4.67. The van der Waals surface area contributed by atoms with E-state index >= 15 is 0 Å². The number of nitrogen functional groups attached to an aromatic ring is 1. The number of benzene rings is 1. The molecule has 0 radical (unpaired) electrons. The Balaban J connectivity index is 2.02. The third-order valence-electron chi connectivity index (χ3n) is 3.19. The van der Waals surface area contributed by atoms with Crippen LogP contribution >= 0.6 is 11.6 Å². The number of nitrogens with zero attached hydrogens (tertiary/aromatic N) is 1. The average molecular weight is 255 g/mol. The highest BCUT2D eigenvalue weighted by Crippen LogP contribution is 2.27. The summed E-state index contributed by atoms with van der Waals surface area (Å²) in [6, 6.07) is 5.59. The number of anilines is 2. The zero-order valence-corrected chi connectivity index (χ0v) is 10.9. The average Bonchev–Trinajstić information content (AvgIpc) is 2.33. The molecule has 1 unspecified atom stereocenters. The Bertz CT molecular complexity index is 378. The highest BCUT2D eigenvalue weighted by molar-refractivity contribution is 6.31. The second-order valence-corrected chi connectivity index (χ2v) is 5.10. The quantitative estimate of drug-likeness (QED) is 0.843. The van der Waals surface area contributed by atoms with Gasteiger partial charge in [0.25, 0.3) is 0 Å². The molecule has 0 aromatic heterocycles. The minimum absolute atomic E-state index is 0.590. The van der Waals surface area contributed by atoms with Crippen molar-refractivity contribution < 1.29 is 4.74 Å². The largest absolute Gasteiger partial charge is 0.397 e. The molecule has 0 amide bonds. The molecule has 0 spiro atoms. The Labute approximate surface area is 107 Å². The van der Waals surface area contributed by atoms with Crippen LogP contribution in [0.1, 0.15) is 12.8 Å². The van der Waals surface area contributed by atoms with Gasteiger partial charge >= 0.3 is 0 Å². The molecule has 1 aliphatic heterocycles. The van der Waals surface area contributed by atoms with Gasteiger partial charge in [-0.25, -0.2) is 0 Å². The van der Waals surface area contributed by atoms with Crippen LogP contribution in [0.2, 0.25) is 5.02 Å². The first-order chi connectivity index (χ1) is 8.16. The summed E-state index contributed by atoms with van der Waals surface area (Å²) in [5.41, 5.74) is 7.74. The van der Waals surface area contributed by atoms with Crippen LogP contribution in [0.4, 0.5) is 11.4 Å². The van der Waals surface area contributed by atoms with Gasteiger partial charge in [0, 0.05) is 25.2 Å².